The maximum absolute atomic E-state index is 13.2. The van der Waals surface area contributed by atoms with Crippen LogP contribution < -0.4 is 14.8 Å². The Bertz CT molecular complexity index is 738. The summed E-state index contributed by atoms with van der Waals surface area (Å²) < 4.78 is 24.4. The average molecular weight is 405 g/mol. The van der Waals surface area contributed by atoms with E-state index in [4.69, 9.17) is 9.47 Å². The molecule has 0 amide bonds. The van der Waals surface area contributed by atoms with Gasteiger partial charge >= 0.3 is 0 Å². The normalized spacial score (nSPS) is 12.2. The van der Waals surface area contributed by atoms with Crippen LogP contribution in [0.25, 0.3) is 0 Å². The highest BCUT2D eigenvalue weighted by atomic mass is 19.1. The molecule has 0 bridgehead atoms. The van der Waals surface area contributed by atoms with E-state index in [9.17, 15) is 9.50 Å². The van der Waals surface area contributed by atoms with Crippen LogP contribution in [0.2, 0.25) is 0 Å². The fraction of sp³-hybridized carbons (Fsp3) is 0.478. The van der Waals surface area contributed by atoms with Gasteiger partial charge in [0.2, 0.25) is 0 Å². The van der Waals surface area contributed by atoms with Crippen LogP contribution in [0.4, 0.5) is 4.39 Å². The number of aliphatic hydroxyl groups excluding tert-OH is 1. The van der Waals surface area contributed by atoms with Crippen LogP contribution in [-0.2, 0) is 13.0 Å². The van der Waals surface area contributed by atoms with E-state index in [1.165, 1.54) is 6.07 Å². The molecule has 5 nitrogen and oxygen atoms in total. The van der Waals surface area contributed by atoms with E-state index < -0.39 is 6.10 Å². The Balaban J connectivity index is 1.81. The zero-order valence-corrected chi connectivity index (χ0v) is 17.7. The lowest BCUT2D eigenvalue weighted by atomic mass is 10.1. The summed E-state index contributed by atoms with van der Waals surface area (Å²) in [6.07, 6.45) is 0.212. The minimum absolute atomic E-state index is 0.204. The molecule has 2 aromatic carbocycles. The monoisotopic (exact) mass is 404 g/mol. The highest BCUT2D eigenvalue weighted by Gasteiger charge is 2.12. The van der Waals surface area contributed by atoms with Crippen molar-refractivity contribution in [2.75, 3.05) is 39.9 Å². The summed E-state index contributed by atoms with van der Waals surface area (Å²) in [7, 11) is 1.61. The van der Waals surface area contributed by atoms with E-state index in [0.29, 0.717) is 24.6 Å². The van der Waals surface area contributed by atoms with Crippen molar-refractivity contribution in [2.45, 2.75) is 32.9 Å². The summed E-state index contributed by atoms with van der Waals surface area (Å²) >= 11 is 0. The molecule has 0 fully saturated rings. The first kappa shape index (κ1) is 23.1. The van der Waals surface area contributed by atoms with Crippen LogP contribution >= 0.6 is 0 Å². The first-order valence-electron chi connectivity index (χ1n) is 10.2. The minimum Gasteiger partial charge on any atom is -0.493 e. The molecule has 0 heterocycles. The molecule has 0 aliphatic rings. The van der Waals surface area contributed by atoms with E-state index in [2.05, 4.69) is 24.1 Å². The molecule has 0 spiro atoms. The Kier molecular flexibility index (Phi) is 9.91. The number of aliphatic hydroxyl groups is 1. The number of ether oxygens (including phenoxy) is 2. The molecule has 0 aliphatic carbocycles. The van der Waals surface area contributed by atoms with Gasteiger partial charge in [-0.1, -0.05) is 32.0 Å². The number of hydrogen-bond acceptors (Lipinski definition) is 5. The summed E-state index contributed by atoms with van der Waals surface area (Å²) in [5.74, 6) is 1.06. The second-order valence-corrected chi connectivity index (χ2v) is 6.99. The molecule has 0 aromatic heterocycles. The SMILES string of the molecule is CCN(CC)C[C@@H](O)COc1ccc(CNCCc2cccc(F)c2)cc1OC. The summed E-state index contributed by atoms with van der Waals surface area (Å²) in [4.78, 5) is 2.16. The third-order valence-electron chi connectivity index (χ3n) is 4.83. The lowest BCUT2D eigenvalue weighted by Crippen LogP contribution is -2.35. The number of hydrogen-bond donors (Lipinski definition) is 2. The van der Waals surface area contributed by atoms with Crippen LogP contribution in [0.3, 0.4) is 0 Å². The van der Waals surface area contributed by atoms with Crippen molar-refractivity contribution in [2.24, 2.45) is 0 Å². The van der Waals surface area contributed by atoms with Crippen molar-refractivity contribution in [3.05, 3.63) is 59.4 Å². The molecule has 160 valence electrons. The van der Waals surface area contributed by atoms with Gasteiger partial charge in [-0.3, -0.25) is 0 Å². The fourth-order valence-corrected chi connectivity index (χ4v) is 3.12. The van der Waals surface area contributed by atoms with E-state index in [0.717, 1.165) is 37.2 Å². The second kappa shape index (κ2) is 12.4. The Morgan fingerprint density at radius 1 is 1.07 bits per heavy atom. The van der Waals surface area contributed by atoms with Crippen molar-refractivity contribution >= 4 is 0 Å². The van der Waals surface area contributed by atoms with Gasteiger partial charge in [-0.25, -0.2) is 4.39 Å². The Labute approximate surface area is 173 Å². The van der Waals surface area contributed by atoms with Crippen LogP contribution in [0.15, 0.2) is 42.5 Å². The zero-order chi connectivity index (χ0) is 21.1. The maximum Gasteiger partial charge on any atom is 0.161 e. The summed E-state index contributed by atoms with van der Waals surface area (Å²) in [6.45, 7) is 8.18. The molecule has 2 aromatic rings. The van der Waals surface area contributed by atoms with Gasteiger partial charge in [-0.05, 0) is 61.4 Å². The smallest absolute Gasteiger partial charge is 0.161 e. The molecular formula is C23H33FN2O3. The fourth-order valence-electron chi connectivity index (χ4n) is 3.12. The molecule has 2 rings (SSSR count). The lowest BCUT2D eigenvalue weighted by Gasteiger charge is -2.22. The number of nitrogens with one attached hydrogen (secondary N) is 1. The molecule has 0 saturated heterocycles. The number of nitrogens with zero attached hydrogens (tertiary/aromatic N) is 1. The second-order valence-electron chi connectivity index (χ2n) is 6.99. The highest BCUT2D eigenvalue weighted by Crippen LogP contribution is 2.28. The predicted octanol–water partition coefficient (Wildman–Crippen LogP) is 3.25. The predicted molar refractivity (Wildman–Crippen MR) is 114 cm³/mol. The van der Waals surface area contributed by atoms with Crippen LogP contribution in [0.5, 0.6) is 11.5 Å². The number of rotatable bonds is 13. The Morgan fingerprint density at radius 2 is 1.86 bits per heavy atom. The Hall–Kier alpha value is -2.15. The van der Waals surface area contributed by atoms with Crippen molar-refractivity contribution in [1.82, 2.24) is 10.2 Å². The molecule has 1 atom stereocenters. The van der Waals surface area contributed by atoms with E-state index in [1.54, 1.807) is 19.2 Å². The van der Waals surface area contributed by atoms with Crippen molar-refractivity contribution in [3.63, 3.8) is 0 Å². The van der Waals surface area contributed by atoms with Crippen LogP contribution in [0.1, 0.15) is 25.0 Å². The lowest BCUT2D eigenvalue weighted by molar-refractivity contribution is 0.0705. The van der Waals surface area contributed by atoms with E-state index in [1.807, 2.05) is 24.3 Å². The molecule has 0 radical (unpaired) electrons. The van der Waals surface area contributed by atoms with Gasteiger partial charge in [0, 0.05) is 13.1 Å². The van der Waals surface area contributed by atoms with Gasteiger partial charge in [-0.2, -0.15) is 0 Å². The molecule has 6 heteroatoms. The molecule has 0 saturated carbocycles. The number of likely N-dealkylation sites (N-methyl/N-ethyl adjacent to an activating group) is 1. The average Bonchev–Trinajstić information content (AvgIpc) is 2.73. The zero-order valence-electron chi connectivity index (χ0n) is 17.7. The number of methoxy groups -OCH3 is 1. The molecular weight excluding hydrogens is 371 g/mol. The number of benzene rings is 2. The Morgan fingerprint density at radius 3 is 2.55 bits per heavy atom. The van der Waals surface area contributed by atoms with Crippen molar-refractivity contribution in [1.29, 1.82) is 0 Å². The quantitative estimate of drug-likeness (QED) is 0.502. The highest BCUT2D eigenvalue weighted by molar-refractivity contribution is 5.43. The van der Waals surface area contributed by atoms with Crippen molar-refractivity contribution in [3.8, 4) is 11.5 Å². The summed E-state index contributed by atoms with van der Waals surface area (Å²) in [5.41, 5.74) is 2.04. The molecule has 2 N–H and O–H groups in total. The van der Waals surface area contributed by atoms with Gasteiger partial charge in [0.05, 0.1) is 7.11 Å². The molecule has 0 aliphatic heterocycles. The van der Waals surface area contributed by atoms with Crippen LogP contribution in [-0.4, -0.2) is 56.0 Å². The van der Waals surface area contributed by atoms with E-state index in [-0.39, 0.29) is 12.4 Å². The maximum atomic E-state index is 13.2. The van der Waals surface area contributed by atoms with Gasteiger partial charge in [0.15, 0.2) is 11.5 Å². The standard InChI is InChI=1S/C23H33FN2O3/c1-4-26(5-2)16-21(27)17-29-22-10-9-19(14-23(22)28-3)15-25-12-11-18-7-6-8-20(24)13-18/h6-10,13-14,21,25,27H,4-5,11-12,15-17H2,1-3H3/t21-/m1/s1. The van der Waals surface area contributed by atoms with Gasteiger partial charge in [0.25, 0.3) is 0 Å². The van der Waals surface area contributed by atoms with Gasteiger partial charge in [-0.15, -0.1) is 0 Å². The first-order chi connectivity index (χ1) is 14.0. The minimum atomic E-state index is -0.552. The van der Waals surface area contributed by atoms with Crippen LogP contribution in [0, 0.1) is 5.82 Å². The van der Waals surface area contributed by atoms with Crippen molar-refractivity contribution < 1.29 is 19.0 Å². The van der Waals surface area contributed by atoms with Gasteiger partial charge in [0.1, 0.15) is 18.5 Å². The summed E-state index contributed by atoms with van der Waals surface area (Å²) in [5, 5.41) is 13.5. The third-order valence-corrected chi connectivity index (χ3v) is 4.83. The summed E-state index contributed by atoms with van der Waals surface area (Å²) in [6, 6.07) is 12.4. The largest absolute Gasteiger partial charge is 0.493 e. The van der Waals surface area contributed by atoms with Gasteiger partial charge < -0.3 is 24.8 Å². The first-order valence-corrected chi connectivity index (χ1v) is 10.2. The third kappa shape index (κ3) is 8.01. The van der Waals surface area contributed by atoms with E-state index >= 15 is 0 Å². The number of halogens is 1. The topological polar surface area (TPSA) is 54.0 Å². The molecule has 0 unspecified atom stereocenters. The molecule has 29 heavy (non-hydrogen) atoms.